The van der Waals surface area contributed by atoms with Gasteiger partial charge < -0.3 is 15.5 Å². The summed E-state index contributed by atoms with van der Waals surface area (Å²) in [6, 6.07) is 0. The first-order chi connectivity index (χ1) is 8.67. The molecule has 0 bridgehead atoms. The lowest BCUT2D eigenvalue weighted by molar-refractivity contribution is -0.137. The molecule has 2 N–H and O–H groups in total. The minimum absolute atomic E-state index is 0.0438. The Bertz CT molecular complexity index is 277. The highest BCUT2D eigenvalue weighted by atomic mass is 16.2. The number of likely N-dealkylation sites (N-methyl/N-ethyl adjacent to an activating group) is 1. The van der Waals surface area contributed by atoms with E-state index in [1.165, 1.54) is 0 Å². The Hall–Kier alpha value is -1.14. The largest absolute Gasteiger partial charge is 0.358 e. The molecule has 1 heterocycles. The van der Waals surface area contributed by atoms with Gasteiger partial charge in [0, 0.05) is 39.8 Å². The zero-order valence-electron chi connectivity index (χ0n) is 11.4. The Morgan fingerprint density at radius 2 is 2.00 bits per heavy atom. The van der Waals surface area contributed by atoms with Crippen LogP contribution in [0.3, 0.4) is 0 Å². The third-order valence-corrected chi connectivity index (χ3v) is 3.03. The third-order valence-electron chi connectivity index (χ3n) is 3.03. The van der Waals surface area contributed by atoms with Gasteiger partial charge in [-0.1, -0.05) is 6.92 Å². The first-order valence-electron chi connectivity index (χ1n) is 6.58. The molecule has 1 saturated heterocycles. The van der Waals surface area contributed by atoms with Gasteiger partial charge in [-0.3, -0.25) is 14.5 Å². The van der Waals surface area contributed by atoms with Gasteiger partial charge in [0.2, 0.25) is 11.8 Å². The molecule has 6 nitrogen and oxygen atoms in total. The molecular weight excluding hydrogens is 232 g/mol. The molecule has 104 valence electrons. The fraction of sp³-hybridized carbons (Fsp3) is 0.833. The van der Waals surface area contributed by atoms with Crippen molar-refractivity contribution in [3.63, 3.8) is 0 Å². The van der Waals surface area contributed by atoms with Gasteiger partial charge in [0.05, 0.1) is 13.1 Å². The minimum atomic E-state index is -0.114. The van der Waals surface area contributed by atoms with Gasteiger partial charge >= 0.3 is 0 Å². The van der Waals surface area contributed by atoms with Crippen LogP contribution in [0.15, 0.2) is 0 Å². The second-order valence-electron chi connectivity index (χ2n) is 4.51. The van der Waals surface area contributed by atoms with E-state index in [9.17, 15) is 9.59 Å². The van der Waals surface area contributed by atoms with Crippen molar-refractivity contribution in [3.05, 3.63) is 0 Å². The summed E-state index contributed by atoms with van der Waals surface area (Å²) in [6.45, 7) is 6.87. The van der Waals surface area contributed by atoms with Crippen LogP contribution in [0.1, 0.15) is 13.3 Å². The van der Waals surface area contributed by atoms with Crippen LogP contribution < -0.4 is 10.6 Å². The first-order valence-corrected chi connectivity index (χ1v) is 6.58. The van der Waals surface area contributed by atoms with E-state index in [0.717, 1.165) is 32.6 Å². The molecule has 6 heteroatoms. The van der Waals surface area contributed by atoms with Crippen molar-refractivity contribution >= 4 is 11.8 Å². The van der Waals surface area contributed by atoms with Crippen molar-refractivity contribution in [3.8, 4) is 0 Å². The maximum Gasteiger partial charge on any atom is 0.239 e. The molecule has 0 aromatic rings. The highest BCUT2D eigenvalue weighted by molar-refractivity contribution is 5.85. The van der Waals surface area contributed by atoms with Crippen LogP contribution in [0, 0.1) is 0 Å². The molecule has 0 aromatic carbocycles. The Balaban J connectivity index is 2.44. The standard InChI is InChI=1S/C12H24N4O2/c1-3-6-16(9-11(17)13-2)12(18)10-15-7-4-14-5-8-15/h14H,3-10H2,1-2H3,(H,13,17). The predicted octanol–water partition coefficient (Wildman–Crippen LogP) is -1.12. The Kier molecular flexibility index (Phi) is 6.67. The van der Waals surface area contributed by atoms with Crippen LogP contribution in [-0.2, 0) is 9.59 Å². The van der Waals surface area contributed by atoms with Crippen molar-refractivity contribution in [2.45, 2.75) is 13.3 Å². The average molecular weight is 256 g/mol. The quantitative estimate of drug-likeness (QED) is 0.631. The Morgan fingerprint density at radius 1 is 1.33 bits per heavy atom. The highest BCUT2D eigenvalue weighted by Gasteiger charge is 2.19. The van der Waals surface area contributed by atoms with Crippen molar-refractivity contribution in [1.82, 2.24) is 20.4 Å². The fourth-order valence-electron chi connectivity index (χ4n) is 1.97. The topological polar surface area (TPSA) is 64.7 Å². The number of hydrogen-bond donors (Lipinski definition) is 2. The van der Waals surface area contributed by atoms with Gasteiger partial charge in [0.15, 0.2) is 0 Å². The van der Waals surface area contributed by atoms with Gasteiger partial charge in [-0.2, -0.15) is 0 Å². The maximum absolute atomic E-state index is 12.1. The number of carbonyl (C=O) groups excluding carboxylic acids is 2. The van der Waals surface area contributed by atoms with E-state index >= 15 is 0 Å². The molecule has 1 aliphatic rings. The molecule has 18 heavy (non-hydrogen) atoms. The smallest absolute Gasteiger partial charge is 0.239 e. The van der Waals surface area contributed by atoms with Crippen molar-refractivity contribution in [2.75, 3.05) is 52.9 Å². The van der Waals surface area contributed by atoms with E-state index in [2.05, 4.69) is 15.5 Å². The van der Waals surface area contributed by atoms with Gasteiger partial charge in [-0.05, 0) is 6.42 Å². The molecule has 1 aliphatic heterocycles. The Morgan fingerprint density at radius 3 is 2.56 bits per heavy atom. The van der Waals surface area contributed by atoms with Gasteiger partial charge in [0.25, 0.3) is 0 Å². The molecule has 0 unspecified atom stereocenters. The molecule has 1 rings (SSSR count). The van der Waals surface area contributed by atoms with Gasteiger partial charge in [0.1, 0.15) is 0 Å². The van der Waals surface area contributed by atoms with Gasteiger partial charge in [-0.25, -0.2) is 0 Å². The number of hydrogen-bond acceptors (Lipinski definition) is 4. The number of rotatable bonds is 6. The Labute approximate surface area is 109 Å². The average Bonchev–Trinajstić information content (AvgIpc) is 2.39. The monoisotopic (exact) mass is 256 g/mol. The molecule has 0 saturated carbocycles. The summed E-state index contributed by atoms with van der Waals surface area (Å²) in [4.78, 5) is 27.3. The van der Waals surface area contributed by atoms with Crippen LogP contribution in [0.4, 0.5) is 0 Å². The number of carbonyl (C=O) groups is 2. The summed E-state index contributed by atoms with van der Waals surface area (Å²) in [6.07, 6.45) is 0.865. The second-order valence-corrected chi connectivity index (χ2v) is 4.51. The molecule has 0 atom stereocenters. The van der Waals surface area contributed by atoms with Crippen LogP contribution in [-0.4, -0.2) is 74.5 Å². The third kappa shape index (κ3) is 5.01. The molecule has 0 spiro atoms. The summed E-state index contributed by atoms with van der Waals surface area (Å²) in [5.74, 6) is -0.0699. The van der Waals surface area contributed by atoms with Crippen molar-refractivity contribution < 1.29 is 9.59 Å². The number of nitrogens with one attached hydrogen (secondary N) is 2. The van der Waals surface area contributed by atoms with Gasteiger partial charge in [-0.15, -0.1) is 0 Å². The number of piperazine rings is 1. The molecule has 1 fully saturated rings. The molecule has 0 aromatic heterocycles. The molecule has 0 aliphatic carbocycles. The normalized spacial score (nSPS) is 16.3. The van der Waals surface area contributed by atoms with E-state index in [1.54, 1.807) is 11.9 Å². The summed E-state index contributed by atoms with van der Waals surface area (Å²) >= 11 is 0. The van der Waals surface area contributed by atoms with E-state index in [1.807, 2.05) is 6.92 Å². The zero-order chi connectivity index (χ0) is 13.4. The lowest BCUT2D eigenvalue weighted by Crippen LogP contribution is -2.50. The second kappa shape index (κ2) is 8.05. The van der Waals surface area contributed by atoms with E-state index in [-0.39, 0.29) is 18.4 Å². The molecular formula is C12H24N4O2. The lowest BCUT2D eigenvalue weighted by atomic mass is 10.3. The molecule has 0 radical (unpaired) electrons. The van der Waals surface area contributed by atoms with Crippen LogP contribution in [0.2, 0.25) is 0 Å². The molecule has 2 amide bonds. The van der Waals surface area contributed by atoms with Crippen LogP contribution in [0.5, 0.6) is 0 Å². The summed E-state index contributed by atoms with van der Waals surface area (Å²) in [7, 11) is 1.59. The van der Waals surface area contributed by atoms with Crippen molar-refractivity contribution in [2.24, 2.45) is 0 Å². The SMILES string of the molecule is CCCN(CC(=O)NC)C(=O)CN1CCNCC1. The highest BCUT2D eigenvalue weighted by Crippen LogP contribution is 1.98. The minimum Gasteiger partial charge on any atom is -0.358 e. The predicted molar refractivity (Wildman–Crippen MR) is 70.2 cm³/mol. The zero-order valence-corrected chi connectivity index (χ0v) is 11.4. The lowest BCUT2D eigenvalue weighted by Gasteiger charge is -2.29. The van der Waals surface area contributed by atoms with Crippen LogP contribution >= 0.6 is 0 Å². The summed E-state index contributed by atoms with van der Waals surface area (Å²) in [5, 5.41) is 5.81. The fourth-order valence-corrected chi connectivity index (χ4v) is 1.97. The van der Waals surface area contributed by atoms with E-state index in [0.29, 0.717) is 13.1 Å². The van der Waals surface area contributed by atoms with E-state index in [4.69, 9.17) is 0 Å². The van der Waals surface area contributed by atoms with Crippen molar-refractivity contribution in [1.29, 1.82) is 0 Å². The number of amides is 2. The number of nitrogens with zero attached hydrogens (tertiary/aromatic N) is 2. The summed E-state index contributed by atoms with van der Waals surface area (Å²) < 4.78 is 0. The first kappa shape index (κ1) is 14.9. The van der Waals surface area contributed by atoms with Crippen LogP contribution in [0.25, 0.3) is 0 Å². The van der Waals surface area contributed by atoms with E-state index < -0.39 is 0 Å². The summed E-state index contributed by atoms with van der Waals surface area (Å²) in [5.41, 5.74) is 0. The maximum atomic E-state index is 12.1.